The van der Waals surface area contributed by atoms with Crippen LogP contribution in [0.3, 0.4) is 0 Å². The van der Waals surface area contributed by atoms with Crippen molar-refractivity contribution in [2.24, 2.45) is 5.92 Å². The van der Waals surface area contributed by atoms with E-state index in [-0.39, 0.29) is 11.8 Å². The summed E-state index contributed by atoms with van der Waals surface area (Å²) in [6, 6.07) is 7.24. The molecule has 1 amide bonds. The first-order valence-corrected chi connectivity index (χ1v) is 5.32. The average molecular weight is 218 g/mol. The number of amides is 1. The molecule has 0 unspecified atom stereocenters. The predicted octanol–water partition coefficient (Wildman–Crippen LogP) is 0.335. The lowest BCUT2D eigenvalue weighted by atomic mass is 10.0. The third-order valence-electron chi connectivity index (χ3n) is 2.71. The Kier molecular flexibility index (Phi) is 3.31. The van der Waals surface area contributed by atoms with Crippen molar-refractivity contribution in [1.82, 2.24) is 10.6 Å². The van der Waals surface area contributed by atoms with E-state index in [9.17, 15) is 9.59 Å². The summed E-state index contributed by atoms with van der Waals surface area (Å²) in [4.78, 5) is 22.1. The minimum absolute atomic E-state index is 0.0789. The molecule has 1 aliphatic heterocycles. The number of nitrogens with one attached hydrogen (secondary N) is 2. The normalized spacial score (nSPS) is 15.2. The summed E-state index contributed by atoms with van der Waals surface area (Å²) in [6.07, 6.45) is 0.807. The average Bonchev–Trinajstić information content (AvgIpc) is 2.24. The fraction of sp³-hybridized carbons (Fsp3) is 0.333. The van der Waals surface area contributed by atoms with Gasteiger partial charge in [-0.1, -0.05) is 18.2 Å². The Morgan fingerprint density at radius 3 is 2.94 bits per heavy atom. The zero-order valence-electron chi connectivity index (χ0n) is 8.90. The first kappa shape index (κ1) is 10.8. The summed E-state index contributed by atoms with van der Waals surface area (Å²) in [7, 11) is 0. The van der Waals surface area contributed by atoms with Gasteiger partial charge in [0.25, 0.3) is 0 Å². The SMILES string of the molecule is O=Cc1cccc(CNC(=O)C2CNC2)c1. The van der Waals surface area contributed by atoms with Crippen molar-refractivity contribution < 1.29 is 9.59 Å². The van der Waals surface area contributed by atoms with Crippen LogP contribution in [0.15, 0.2) is 24.3 Å². The van der Waals surface area contributed by atoms with Crippen molar-refractivity contribution in [2.45, 2.75) is 6.54 Å². The highest BCUT2D eigenvalue weighted by Gasteiger charge is 2.24. The van der Waals surface area contributed by atoms with Crippen molar-refractivity contribution >= 4 is 12.2 Å². The van der Waals surface area contributed by atoms with Crippen LogP contribution in [0.5, 0.6) is 0 Å². The van der Waals surface area contributed by atoms with E-state index in [0.717, 1.165) is 24.9 Å². The molecule has 2 N–H and O–H groups in total. The molecule has 0 atom stereocenters. The van der Waals surface area contributed by atoms with Crippen LogP contribution in [0.4, 0.5) is 0 Å². The Morgan fingerprint density at radius 1 is 1.50 bits per heavy atom. The van der Waals surface area contributed by atoms with Crippen LogP contribution in [0.2, 0.25) is 0 Å². The smallest absolute Gasteiger partial charge is 0.225 e. The first-order valence-electron chi connectivity index (χ1n) is 5.32. The molecule has 84 valence electrons. The van der Waals surface area contributed by atoms with Gasteiger partial charge < -0.3 is 10.6 Å². The van der Waals surface area contributed by atoms with Crippen LogP contribution in [0, 0.1) is 5.92 Å². The molecule has 16 heavy (non-hydrogen) atoms. The Hall–Kier alpha value is -1.68. The van der Waals surface area contributed by atoms with Crippen molar-refractivity contribution in [3.63, 3.8) is 0 Å². The first-order chi connectivity index (χ1) is 7.79. The maximum Gasteiger partial charge on any atom is 0.225 e. The lowest BCUT2D eigenvalue weighted by Crippen LogP contribution is -2.50. The number of hydrogen-bond donors (Lipinski definition) is 2. The minimum atomic E-state index is 0.0789. The molecular weight excluding hydrogens is 204 g/mol. The number of aldehydes is 1. The van der Waals surface area contributed by atoms with Crippen molar-refractivity contribution in [3.05, 3.63) is 35.4 Å². The van der Waals surface area contributed by atoms with Crippen LogP contribution in [-0.2, 0) is 11.3 Å². The lowest BCUT2D eigenvalue weighted by molar-refractivity contribution is -0.126. The van der Waals surface area contributed by atoms with Crippen LogP contribution >= 0.6 is 0 Å². The molecule has 1 aliphatic rings. The van der Waals surface area contributed by atoms with Crippen LogP contribution in [0.25, 0.3) is 0 Å². The van der Waals surface area contributed by atoms with Gasteiger partial charge in [0.1, 0.15) is 6.29 Å². The number of carbonyl (C=O) groups is 2. The predicted molar refractivity (Wildman–Crippen MR) is 60.0 cm³/mol. The standard InChI is InChI=1S/C12H14N2O2/c15-8-10-3-1-2-9(4-10)5-14-12(16)11-6-13-7-11/h1-4,8,11,13H,5-7H2,(H,14,16). The van der Waals surface area contributed by atoms with Gasteiger partial charge in [-0.05, 0) is 11.6 Å². The van der Waals surface area contributed by atoms with E-state index in [1.54, 1.807) is 12.1 Å². The zero-order valence-corrected chi connectivity index (χ0v) is 8.90. The minimum Gasteiger partial charge on any atom is -0.352 e. The third kappa shape index (κ3) is 2.46. The van der Waals surface area contributed by atoms with Crippen LogP contribution in [0.1, 0.15) is 15.9 Å². The second kappa shape index (κ2) is 4.90. The van der Waals surface area contributed by atoms with E-state index in [1.807, 2.05) is 12.1 Å². The molecular formula is C12H14N2O2. The van der Waals surface area contributed by atoms with Gasteiger partial charge in [0.2, 0.25) is 5.91 Å². The summed E-state index contributed by atoms with van der Waals surface area (Å²) >= 11 is 0. The molecule has 0 bridgehead atoms. The zero-order chi connectivity index (χ0) is 11.4. The Labute approximate surface area is 94.0 Å². The maximum atomic E-state index is 11.5. The van der Waals surface area contributed by atoms with Crippen molar-refractivity contribution in [3.8, 4) is 0 Å². The monoisotopic (exact) mass is 218 g/mol. The summed E-state index contributed by atoms with van der Waals surface area (Å²) in [5.74, 6) is 0.185. The maximum absolute atomic E-state index is 11.5. The third-order valence-corrected chi connectivity index (χ3v) is 2.71. The van der Waals surface area contributed by atoms with Gasteiger partial charge in [-0.3, -0.25) is 9.59 Å². The molecule has 1 fully saturated rings. The van der Waals surface area contributed by atoms with E-state index < -0.39 is 0 Å². The van der Waals surface area contributed by atoms with Crippen LogP contribution < -0.4 is 10.6 Å². The van der Waals surface area contributed by atoms with Crippen molar-refractivity contribution in [2.75, 3.05) is 13.1 Å². The van der Waals surface area contributed by atoms with E-state index in [2.05, 4.69) is 10.6 Å². The molecule has 1 saturated heterocycles. The highest BCUT2D eigenvalue weighted by molar-refractivity contribution is 5.80. The van der Waals surface area contributed by atoms with Gasteiger partial charge in [0, 0.05) is 25.2 Å². The fourth-order valence-corrected chi connectivity index (χ4v) is 1.58. The molecule has 0 spiro atoms. The Bertz CT molecular complexity index is 400. The van der Waals surface area contributed by atoms with Gasteiger partial charge in [0.05, 0.1) is 5.92 Å². The molecule has 1 aromatic carbocycles. The van der Waals surface area contributed by atoms with Crippen molar-refractivity contribution in [1.29, 1.82) is 0 Å². The largest absolute Gasteiger partial charge is 0.352 e. The highest BCUT2D eigenvalue weighted by atomic mass is 16.2. The lowest BCUT2D eigenvalue weighted by Gasteiger charge is -2.25. The van der Waals surface area contributed by atoms with Gasteiger partial charge in [0.15, 0.2) is 0 Å². The second-order valence-electron chi connectivity index (χ2n) is 3.94. The quantitative estimate of drug-likeness (QED) is 0.716. The summed E-state index contributed by atoms with van der Waals surface area (Å²) < 4.78 is 0. The summed E-state index contributed by atoms with van der Waals surface area (Å²) in [5.41, 5.74) is 1.59. The molecule has 0 saturated carbocycles. The molecule has 0 aliphatic carbocycles. The molecule has 1 aromatic rings. The van der Waals surface area contributed by atoms with Gasteiger partial charge in [-0.25, -0.2) is 0 Å². The molecule has 2 rings (SSSR count). The summed E-state index contributed by atoms with van der Waals surface area (Å²) in [6.45, 7) is 2.01. The highest BCUT2D eigenvalue weighted by Crippen LogP contribution is 2.05. The molecule has 4 heteroatoms. The Balaban J connectivity index is 1.88. The second-order valence-corrected chi connectivity index (χ2v) is 3.94. The number of rotatable bonds is 4. The van der Waals surface area contributed by atoms with E-state index in [1.165, 1.54) is 0 Å². The fourth-order valence-electron chi connectivity index (χ4n) is 1.58. The molecule has 0 aromatic heterocycles. The van der Waals surface area contributed by atoms with Crippen LogP contribution in [-0.4, -0.2) is 25.3 Å². The topological polar surface area (TPSA) is 58.2 Å². The van der Waals surface area contributed by atoms with Gasteiger partial charge >= 0.3 is 0 Å². The number of carbonyl (C=O) groups excluding carboxylic acids is 2. The molecule has 0 radical (unpaired) electrons. The molecule has 1 heterocycles. The number of hydrogen-bond acceptors (Lipinski definition) is 3. The van der Waals surface area contributed by atoms with E-state index in [4.69, 9.17) is 0 Å². The van der Waals surface area contributed by atoms with E-state index >= 15 is 0 Å². The molecule has 4 nitrogen and oxygen atoms in total. The van der Waals surface area contributed by atoms with E-state index in [0.29, 0.717) is 12.1 Å². The van der Waals surface area contributed by atoms with Gasteiger partial charge in [-0.15, -0.1) is 0 Å². The summed E-state index contributed by atoms with van der Waals surface area (Å²) in [5, 5.41) is 5.91. The Morgan fingerprint density at radius 2 is 2.31 bits per heavy atom. The van der Waals surface area contributed by atoms with Gasteiger partial charge in [-0.2, -0.15) is 0 Å². The number of benzene rings is 1.